The van der Waals surface area contributed by atoms with E-state index in [9.17, 15) is 13.6 Å². The highest BCUT2D eigenvalue weighted by Gasteiger charge is 2.19. The van der Waals surface area contributed by atoms with E-state index in [2.05, 4.69) is 31.5 Å². The van der Waals surface area contributed by atoms with Gasteiger partial charge in [0.15, 0.2) is 16.8 Å². The number of rotatable bonds is 3. The average Bonchev–Trinajstić information content (AvgIpc) is 2.75. The Morgan fingerprint density at radius 1 is 1.40 bits per heavy atom. The van der Waals surface area contributed by atoms with Crippen molar-refractivity contribution in [2.45, 2.75) is 0 Å². The van der Waals surface area contributed by atoms with Crippen LogP contribution >= 0.6 is 27.3 Å². The SMILES string of the molecule is CNc1nc(N)c(C(=O)Nc2c(F)cc(Br)cc2F)s1. The summed E-state index contributed by atoms with van der Waals surface area (Å²) < 4.78 is 27.5. The molecule has 9 heteroatoms. The first-order chi connectivity index (χ1) is 9.42. The van der Waals surface area contributed by atoms with E-state index in [0.29, 0.717) is 5.13 Å². The summed E-state index contributed by atoms with van der Waals surface area (Å²) >= 11 is 3.94. The Morgan fingerprint density at radius 2 is 2.00 bits per heavy atom. The van der Waals surface area contributed by atoms with Crippen LogP contribution in [0.2, 0.25) is 0 Å². The number of benzene rings is 1. The molecule has 0 radical (unpaired) electrons. The molecule has 0 aliphatic rings. The molecule has 0 spiro atoms. The number of nitrogens with one attached hydrogen (secondary N) is 2. The molecule has 2 rings (SSSR count). The van der Waals surface area contributed by atoms with Crippen LogP contribution in [0.15, 0.2) is 16.6 Å². The first-order valence-electron chi connectivity index (χ1n) is 5.32. The molecular formula is C11H9BrF2N4OS. The lowest BCUT2D eigenvalue weighted by Gasteiger charge is -2.07. The molecule has 1 amide bonds. The molecule has 1 heterocycles. The van der Waals surface area contributed by atoms with Crippen LogP contribution in [0.3, 0.4) is 0 Å². The van der Waals surface area contributed by atoms with Gasteiger partial charge in [-0.2, -0.15) is 0 Å². The lowest BCUT2D eigenvalue weighted by molar-refractivity contribution is 0.103. The predicted molar refractivity (Wildman–Crippen MR) is 78.1 cm³/mol. The van der Waals surface area contributed by atoms with Gasteiger partial charge in [0.2, 0.25) is 0 Å². The van der Waals surface area contributed by atoms with Gasteiger partial charge in [0, 0.05) is 11.5 Å². The number of nitrogen functional groups attached to an aromatic ring is 1. The van der Waals surface area contributed by atoms with Gasteiger partial charge in [-0.1, -0.05) is 27.3 Å². The van der Waals surface area contributed by atoms with Crippen molar-refractivity contribution in [3.63, 3.8) is 0 Å². The molecule has 20 heavy (non-hydrogen) atoms. The lowest BCUT2D eigenvalue weighted by atomic mass is 10.3. The molecule has 0 aliphatic carbocycles. The normalized spacial score (nSPS) is 10.4. The Morgan fingerprint density at radius 3 is 2.50 bits per heavy atom. The van der Waals surface area contributed by atoms with E-state index in [4.69, 9.17) is 5.73 Å². The summed E-state index contributed by atoms with van der Waals surface area (Å²) in [5.41, 5.74) is 5.04. The number of halogens is 3. The monoisotopic (exact) mass is 362 g/mol. The van der Waals surface area contributed by atoms with Gasteiger partial charge in [-0.05, 0) is 12.1 Å². The first kappa shape index (κ1) is 14.7. The fourth-order valence-electron chi connectivity index (χ4n) is 1.43. The smallest absolute Gasteiger partial charge is 0.269 e. The van der Waals surface area contributed by atoms with Crippen molar-refractivity contribution in [2.75, 3.05) is 23.4 Å². The third-order valence-corrected chi connectivity index (χ3v) is 3.86. The fourth-order valence-corrected chi connectivity index (χ4v) is 2.57. The minimum atomic E-state index is -0.887. The standard InChI is InChI=1S/C11H9BrF2N4OS/c1-16-11-18-9(15)8(20-11)10(19)17-7-5(13)2-4(12)3-6(7)14/h2-3H,15H2,1H3,(H,16,18)(H,17,19). The molecule has 0 saturated heterocycles. The van der Waals surface area contributed by atoms with E-state index in [1.54, 1.807) is 7.05 Å². The number of nitrogens with zero attached hydrogens (tertiary/aromatic N) is 1. The zero-order chi connectivity index (χ0) is 14.9. The maximum absolute atomic E-state index is 13.6. The van der Waals surface area contributed by atoms with E-state index in [-0.39, 0.29) is 15.2 Å². The van der Waals surface area contributed by atoms with Gasteiger partial charge >= 0.3 is 0 Å². The Hall–Kier alpha value is -1.74. The summed E-state index contributed by atoms with van der Waals surface area (Å²) in [5, 5.41) is 5.32. The van der Waals surface area contributed by atoms with Crippen molar-refractivity contribution < 1.29 is 13.6 Å². The van der Waals surface area contributed by atoms with Crippen molar-refractivity contribution in [3.05, 3.63) is 33.1 Å². The third-order valence-electron chi connectivity index (χ3n) is 2.32. The van der Waals surface area contributed by atoms with E-state index < -0.39 is 23.2 Å². The van der Waals surface area contributed by atoms with Crippen LogP contribution in [0.25, 0.3) is 0 Å². The number of anilines is 3. The zero-order valence-corrected chi connectivity index (χ0v) is 12.5. The van der Waals surface area contributed by atoms with E-state index in [1.807, 2.05) is 0 Å². The quantitative estimate of drug-likeness (QED) is 0.783. The molecule has 0 atom stereocenters. The van der Waals surface area contributed by atoms with Crippen LogP contribution in [0, 0.1) is 11.6 Å². The highest BCUT2D eigenvalue weighted by Crippen LogP contribution is 2.28. The van der Waals surface area contributed by atoms with Crippen molar-refractivity contribution in [2.24, 2.45) is 0 Å². The second kappa shape index (κ2) is 5.71. The number of hydrogen-bond acceptors (Lipinski definition) is 5. The molecule has 5 nitrogen and oxygen atoms in total. The number of carbonyl (C=O) groups is 1. The number of thiazole rings is 1. The van der Waals surface area contributed by atoms with Crippen LogP contribution < -0.4 is 16.4 Å². The lowest BCUT2D eigenvalue weighted by Crippen LogP contribution is -2.14. The second-order valence-electron chi connectivity index (χ2n) is 3.68. The summed E-state index contributed by atoms with van der Waals surface area (Å²) in [5.74, 6) is -2.50. The molecule has 1 aromatic heterocycles. The topological polar surface area (TPSA) is 80.0 Å². The maximum Gasteiger partial charge on any atom is 0.269 e. The van der Waals surface area contributed by atoms with Crippen molar-refractivity contribution in [3.8, 4) is 0 Å². The fraction of sp³-hybridized carbons (Fsp3) is 0.0909. The number of aromatic nitrogens is 1. The van der Waals surface area contributed by atoms with Crippen LogP contribution in [-0.4, -0.2) is 17.9 Å². The predicted octanol–water partition coefficient (Wildman–Crippen LogP) is 3.06. The molecule has 0 unspecified atom stereocenters. The molecule has 0 fully saturated rings. The number of amides is 1. The third kappa shape index (κ3) is 2.88. The Bertz CT molecular complexity index is 653. The van der Waals surface area contributed by atoms with Gasteiger partial charge < -0.3 is 16.4 Å². The van der Waals surface area contributed by atoms with Crippen molar-refractivity contribution in [1.82, 2.24) is 4.98 Å². The van der Waals surface area contributed by atoms with Gasteiger partial charge in [-0.25, -0.2) is 13.8 Å². The molecule has 0 saturated carbocycles. The number of nitrogens with two attached hydrogens (primary N) is 1. The van der Waals surface area contributed by atoms with Crippen molar-refractivity contribution >= 4 is 49.8 Å². The van der Waals surface area contributed by atoms with Gasteiger partial charge in [-0.15, -0.1) is 0 Å². The Labute approximate surface area is 125 Å². The van der Waals surface area contributed by atoms with Gasteiger partial charge in [0.05, 0.1) is 0 Å². The summed E-state index contributed by atoms with van der Waals surface area (Å²) in [7, 11) is 1.62. The molecular weight excluding hydrogens is 354 g/mol. The van der Waals surface area contributed by atoms with Crippen molar-refractivity contribution in [1.29, 1.82) is 0 Å². The summed E-state index contributed by atoms with van der Waals surface area (Å²) in [4.78, 5) is 15.9. The molecule has 0 aliphatic heterocycles. The molecule has 106 valence electrons. The summed E-state index contributed by atoms with van der Waals surface area (Å²) in [6.45, 7) is 0. The highest BCUT2D eigenvalue weighted by molar-refractivity contribution is 9.10. The van der Waals surface area contributed by atoms with Crippen LogP contribution in [-0.2, 0) is 0 Å². The Kier molecular flexibility index (Phi) is 4.19. The Balaban J connectivity index is 2.30. The van der Waals surface area contributed by atoms with E-state index >= 15 is 0 Å². The molecule has 4 N–H and O–H groups in total. The second-order valence-corrected chi connectivity index (χ2v) is 5.60. The minimum absolute atomic E-state index is 0.00484. The average molecular weight is 363 g/mol. The molecule has 1 aromatic carbocycles. The summed E-state index contributed by atoms with van der Waals surface area (Å²) in [6.07, 6.45) is 0. The van der Waals surface area contributed by atoms with E-state index in [1.165, 1.54) is 0 Å². The zero-order valence-electron chi connectivity index (χ0n) is 10.1. The minimum Gasteiger partial charge on any atom is -0.382 e. The maximum atomic E-state index is 13.6. The highest BCUT2D eigenvalue weighted by atomic mass is 79.9. The first-order valence-corrected chi connectivity index (χ1v) is 6.93. The van der Waals surface area contributed by atoms with Gasteiger partial charge in [-0.3, -0.25) is 4.79 Å². The number of hydrogen-bond donors (Lipinski definition) is 3. The number of carbonyl (C=O) groups excluding carboxylic acids is 1. The van der Waals surface area contributed by atoms with Crippen LogP contribution in [0.1, 0.15) is 9.67 Å². The largest absolute Gasteiger partial charge is 0.382 e. The summed E-state index contributed by atoms with van der Waals surface area (Å²) in [6, 6.07) is 2.10. The van der Waals surface area contributed by atoms with Gasteiger partial charge in [0.1, 0.15) is 16.4 Å². The van der Waals surface area contributed by atoms with Crippen LogP contribution in [0.5, 0.6) is 0 Å². The van der Waals surface area contributed by atoms with Gasteiger partial charge in [0.25, 0.3) is 5.91 Å². The molecule has 2 aromatic rings. The molecule has 0 bridgehead atoms. The van der Waals surface area contributed by atoms with Crippen LogP contribution in [0.4, 0.5) is 25.4 Å². The van der Waals surface area contributed by atoms with E-state index in [0.717, 1.165) is 23.5 Å².